The lowest BCUT2D eigenvalue weighted by molar-refractivity contribution is -0.275. The third kappa shape index (κ3) is 7.50. The fourth-order valence-corrected chi connectivity index (χ4v) is 5.73. The topological polar surface area (TPSA) is 71.0 Å². The number of nitrogens with zero attached hydrogens (tertiary/aromatic N) is 1. The Morgan fingerprint density at radius 2 is 1.48 bits per heavy atom. The summed E-state index contributed by atoms with van der Waals surface area (Å²) in [5, 5.41) is 11.7. The van der Waals surface area contributed by atoms with Crippen molar-refractivity contribution < 1.29 is 41.3 Å². The number of aliphatic hydroxyl groups is 1. The number of benzene rings is 4. The van der Waals surface area contributed by atoms with Gasteiger partial charge in [-0.3, -0.25) is 4.79 Å². The number of halogens is 5. The van der Waals surface area contributed by atoms with Crippen molar-refractivity contribution in [3.05, 3.63) is 142 Å². The molecule has 1 heterocycles. The quantitative estimate of drug-likeness (QED) is 0.0757. The molecule has 0 radical (unpaired) electrons. The Balaban J connectivity index is 1.37. The van der Waals surface area contributed by atoms with E-state index in [1.807, 2.05) is 67.7 Å². The molecule has 0 aliphatic carbocycles. The Labute approximate surface area is 275 Å². The van der Waals surface area contributed by atoms with Gasteiger partial charge in [-0.05, 0) is 47.0 Å². The molecule has 1 aliphatic heterocycles. The summed E-state index contributed by atoms with van der Waals surface area (Å²) in [5.74, 6) is -12.6. The number of carbonyl (C=O) groups is 1. The first-order valence-electron chi connectivity index (χ1n) is 15.3. The number of amides is 1. The number of carbonyl (C=O) groups excluding carboxylic acids is 1. The molecule has 0 aromatic heterocycles. The van der Waals surface area contributed by atoms with E-state index in [0.29, 0.717) is 18.7 Å². The van der Waals surface area contributed by atoms with Gasteiger partial charge in [0.1, 0.15) is 5.56 Å². The van der Waals surface area contributed by atoms with Gasteiger partial charge in [0.05, 0.1) is 18.8 Å². The largest absolute Gasteiger partial charge is 0.392 e. The van der Waals surface area contributed by atoms with Crippen LogP contribution in [0.3, 0.4) is 0 Å². The highest BCUT2D eigenvalue weighted by Gasteiger charge is 2.39. The second-order valence-electron chi connectivity index (χ2n) is 11.8. The molecule has 0 spiro atoms. The molecule has 4 aromatic rings. The molecule has 4 aromatic carbocycles. The van der Waals surface area contributed by atoms with Gasteiger partial charge < -0.3 is 24.8 Å². The number of hydrogen-bond acceptors (Lipinski definition) is 5. The zero-order valence-electron chi connectivity index (χ0n) is 26.4. The molecular formula is C37H35F5N2O4. The summed E-state index contributed by atoms with van der Waals surface area (Å²) in [4.78, 5) is 14.6. The molecule has 1 fully saturated rings. The van der Waals surface area contributed by atoms with Crippen LogP contribution in [0.2, 0.25) is 0 Å². The lowest BCUT2D eigenvalue weighted by atomic mass is 9.90. The van der Waals surface area contributed by atoms with E-state index >= 15 is 0 Å². The van der Waals surface area contributed by atoms with E-state index in [1.165, 1.54) is 0 Å². The Hall–Kier alpha value is -4.42. The van der Waals surface area contributed by atoms with Gasteiger partial charge in [0, 0.05) is 31.1 Å². The highest BCUT2D eigenvalue weighted by Crippen LogP contribution is 2.42. The van der Waals surface area contributed by atoms with Gasteiger partial charge in [-0.25, -0.2) is 22.0 Å². The lowest BCUT2D eigenvalue weighted by Gasteiger charge is -2.42. The van der Waals surface area contributed by atoms with Gasteiger partial charge >= 0.3 is 0 Å². The maximum Gasteiger partial charge on any atom is 0.257 e. The van der Waals surface area contributed by atoms with Crippen molar-refractivity contribution in [3.63, 3.8) is 0 Å². The second kappa shape index (κ2) is 15.2. The van der Waals surface area contributed by atoms with Crippen LogP contribution in [0.4, 0.5) is 22.0 Å². The predicted molar refractivity (Wildman–Crippen MR) is 170 cm³/mol. The standard InChI is InChI=1S/C37H35F5N2O4/c1-4-15-44(3)19-28-21(2)35(24-13-11-22(20-45)12-14-24)48-37(47-28)27-10-6-9-26(17-27)25-8-5-7-23(16-25)18-43-36(46)29-30(38)32(40)34(42)33(41)31(29)39/h4-14,16-17,21,28,35,37,45H,1,15,18-20H2,2-3H3,(H,43,46). The average molecular weight is 667 g/mol. The van der Waals surface area contributed by atoms with Crippen molar-refractivity contribution >= 4 is 5.91 Å². The zero-order chi connectivity index (χ0) is 34.5. The molecule has 252 valence electrons. The molecule has 11 heteroatoms. The van der Waals surface area contributed by atoms with Crippen LogP contribution >= 0.6 is 0 Å². The summed E-state index contributed by atoms with van der Waals surface area (Å²) >= 11 is 0. The van der Waals surface area contributed by atoms with Crippen molar-refractivity contribution in [3.8, 4) is 11.1 Å². The second-order valence-corrected chi connectivity index (χ2v) is 11.8. The maximum absolute atomic E-state index is 14.1. The van der Waals surface area contributed by atoms with E-state index in [1.54, 1.807) is 18.2 Å². The smallest absolute Gasteiger partial charge is 0.257 e. The van der Waals surface area contributed by atoms with Crippen molar-refractivity contribution in [2.24, 2.45) is 5.92 Å². The highest BCUT2D eigenvalue weighted by atomic mass is 19.2. The van der Waals surface area contributed by atoms with Crippen LogP contribution in [0.5, 0.6) is 0 Å². The summed E-state index contributed by atoms with van der Waals surface area (Å²) in [6.45, 7) is 6.93. The molecule has 2 N–H and O–H groups in total. The minimum atomic E-state index is -2.34. The van der Waals surface area contributed by atoms with E-state index in [9.17, 15) is 31.9 Å². The molecule has 1 saturated heterocycles. The molecule has 1 amide bonds. The fourth-order valence-electron chi connectivity index (χ4n) is 5.73. The molecule has 6 nitrogen and oxygen atoms in total. The maximum atomic E-state index is 14.1. The first-order valence-corrected chi connectivity index (χ1v) is 15.3. The van der Waals surface area contributed by atoms with Crippen LogP contribution in [0.25, 0.3) is 11.1 Å². The minimum absolute atomic E-state index is 0.00610. The molecule has 0 saturated carbocycles. The summed E-state index contributed by atoms with van der Waals surface area (Å²) in [6.07, 6.45) is 0.625. The summed E-state index contributed by atoms with van der Waals surface area (Å²) < 4.78 is 82.0. The van der Waals surface area contributed by atoms with E-state index in [2.05, 4.69) is 23.7 Å². The van der Waals surface area contributed by atoms with Crippen LogP contribution in [0.15, 0.2) is 85.5 Å². The summed E-state index contributed by atoms with van der Waals surface area (Å²) in [7, 11) is 1.99. The van der Waals surface area contributed by atoms with Gasteiger partial charge in [0.15, 0.2) is 29.6 Å². The Morgan fingerprint density at radius 1 is 0.854 bits per heavy atom. The lowest BCUT2D eigenvalue weighted by Crippen LogP contribution is -2.43. The molecule has 1 aliphatic rings. The van der Waals surface area contributed by atoms with Crippen molar-refractivity contribution in [1.82, 2.24) is 10.2 Å². The monoisotopic (exact) mass is 666 g/mol. The van der Waals surface area contributed by atoms with Gasteiger partial charge in [-0.2, -0.15) is 0 Å². The number of hydrogen-bond donors (Lipinski definition) is 2. The van der Waals surface area contributed by atoms with E-state index in [-0.39, 0.29) is 31.3 Å². The first kappa shape index (κ1) is 34.9. The fraction of sp³-hybridized carbons (Fsp3) is 0.270. The van der Waals surface area contributed by atoms with E-state index in [0.717, 1.165) is 27.8 Å². The third-order valence-corrected chi connectivity index (χ3v) is 8.36. The van der Waals surface area contributed by atoms with Crippen molar-refractivity contribution in [2.45, 2.75) is 38.6 Å². The molecule has 4 atom stereocenters. The van der Waals surface area contributed by atoms with Crippen LogP contribution in [-0.4, -0.2) is 42.2 Å². The number of nitrogens with one attached hydrogen (secondary N) is 1. The van der Waals surface area contributed by atoms with Gasteiger partial charge in [-0.15, -0.1) is 6.58 Å². The number of likely N-dealkylation sites (N-methyl/N-ethyl adjacent to an activating group) is 1. The van der Waals surface area contributed by atoms with E-state index < -0.39 is 46.8 Å². The van der Waals surface area contributed by atoms with Gasteiger partial charge in [0.2, 0.25) is 5.82 Å². The Morgan fingerprint density at radius 3 is 2.12 bits per heavy atom. The van der Waals surface area contributed by atoms with Crippen LogP contribution in [0, 0.1) is 35.0 Å². The Bertz CT molecular complexity index is 1760. The van der Waals surface area contributed by atoms with Crippen molar-refractivity contribution in [2.75, 3.05) is 20.1 Å². The third-order valence-electron chi connectivity index (χ3n) is 8.36. The minimum Gasteiger partial charge on any atom is -0.392 e. The predicted octanol–water partition coefficient (Wildman–Crippen LogP) is 7.38. The van der Waals surface area contributed by atoms with Gasteiger partial charge in [-0.1, -0.05) is 73.7 Å². The summed E-state index contributed by atoms with van der Waals surface area (Å²) in [5.41, 5.74) is 3.01. The van der Waals surface area contributed by atoms with Crippen molar-refractivity contribution in [1.29, 1.82) is 0 Å². The first-order chi connectivity index (χ1) is 23.0. The molecule has 48 heavy (non-hydrogen) atoms. The number of aliphatic hydroxyl groups excluding tert-OH is 1. The molecule has 5 rings (SSSR count). The Kier molecular flexibility index (Phi) is 11.1. The molecule has 4 unspecified atom stereocenters. The van der Waals surface area contributed by atoms with Gasteiger partial charge in [0.25, 0.3) is 5.91 Å². The van der Waals surface area contributed by atoms with Crippen LogP contribution in [0.1, 0.15) is 51.9 Å². The normalized spacial score (nSPS) is 19.4. The number of rotatable bonds is 11. The summed E-state index contributed by atoms with van der Waals surface area (Å²) in [6, 6.07) is 22.1. The zero-order valence-corrected chi connectivity index (χ0v) is 26.4. The average Bonchev–Trinajstić information content (AvgIpc) is 3.10. The molecule has 0 bridgehead atoms. The number of ether oxygens (including phenoxy) is 2. The highest BCUT2D eigenvalue weighted by molar-refractivity contribution is 5.94. The van der Waals surface area contributed by atoms with E-state index in [4.69, 9.17) is 9.47 Å². The van der Waals surface area contributed by atoms with Crippen LogP contribution in [-0.2, 0) is 22.6 Å². The van der Waals surface area contributed by atoms with Crippen LogP contribution < -0.4 is 5.32 Å². The SMILES string of the molecule is C=CCN(C)CC1OC(c2cccc(-c3cccc(CNC(=O)c4c(F)c(F)c(F)c(F)c4F)c3)c2)OC(c2ccc(CO)cc2)C1C. The molecular weight excluding hydrogens is 631 g/mol.